The molecular formula is C32H41N7O4S. The second-order valence-corrected chi connectivity index (χ2v) is 13.1. The van der Waals surface area contributed by atoms with Crippen molar-refractivity contribution in [2.75, 3.05) is 26.7 Å². The summed E-state index contributed by atoms with van der Waals surface area (Å²) in [6, 6.07) is 13.3. The maximum absolute atomic E-state index is 13.8. The van der Waals surface area contributed by atoms with Crippen molar-refractivity contribution in [3.05, 3.63) is 76.5 Å². The molecule has 5 rings (SSSR count). The summed E-state index contributed by atoms with van der Waals surface area (Å²) < 4.78 is 37.0. The van der Waals surface area contributed by atoms with Gasteiger partial charge in [-0.3, -0.25) is 4.79 Å². The molecule has 1 amide bonds. The fraction of sp³-hybridized carbons (Fsp3) is 0.438. The molecule has 2 aromatic heterocycles. The summed E-state index contributed by atoms with van der Waals surface area (Å²) in [5.74, 6) is -0.203. The largest absolute Gasteiger partial charge is 0.472 e. The van der Waals surface area contributed by atoms with Gasteiger partial charge in [-0.25, -0.2) is 18.1 Å². The Hall–Kier alpha value is -3.87. The smallest absolute Gasteiger partial charge is 0.248 e. The Labute approximate surface area is 259 Å². The summed E-state index contributed by atoms with van der Waals surface area (Å²) in [4.78, 5) is 17.5. The molecule has 2 atom stereocenters. The zero-order valence-electron chi connectivity index (χ0n) is 26.0. The molecule has 1 aliphatic rings. The Bertz CT molecular complexity index is 1750. The molecule has 2 aromatic carbocycles. The first-order chi connectivity index (χ1) is 21.2. The Balaban J connectivity index is 1.54. The molecule has 4 aromatic rings. The Morgan fingerprint density at radius 1 is 1.14 bits per heavy atom. The molecule has 12 heteroatoms. The fourth-order valence-electron chi connectivity index (χ4n) is 5.74. The van der Waals surface area contributed by atoms with Crippen molar-refractivity contribution in [3.8, 4) is 5.88 Å². The van der Waals surface area contributed by atoms with E-state index in [0.717, 1.165) is 38.9 Å². The van der Waals surface area contributed by atoms with Gasteiger partial charge in [-0.05, 0) is 80.3 Å². The van der Waals surface area contributed by atoms with E-state index in [1.165, 1.54) is 4.31 Å². The van der Waals surface area contributed by atoms with Crippen molar-refractivity contribution >= 4 is 27.0 Å². The number of fused-ring (bicyclic) bond motifs is 2. The average molecular weight is 620 g/mol. The van der Waals surface area contributed by atoms with Gasteiger partial charge in [-0.1, -0.05) is 36.4 Å². The lowest BCUT2D eigenvalue weighted by molar-refractivity contribution is -0.121. The minimum atomic E-state index is -3.87. The summed E-state index contributed by atoms with van der Waals surface area (Å²) in [7, 11) is -2.02. The number of rotatable bonds is 11. The predicted octanol–water partition coefficient (Wildman–Crippen LogP) is 3.68. The van der Waals surface area contributed by atoms with E-state index < -0.39 is 10.0 Å². The number of amides is 1. The third kappa shape index (κ3) is 6.33. The Morgan fingerprint density at radius 3 is 2.70 bits per heavy atom. The molecule has 234 valence electrons. The normalized spacial score (nSPS) is 17.1. The molecule has 44 heavy (non-hydrogen) atoms. The van der Waals surface area contributed by atoms with Crippen molar-refractivity contribution in [3.63, 3.8) is 0 Å². The number of nitrogens with zero attached hydrogens (tertiary/aromatic N) is 5. The molecule has 0 spiro atoms. The second-order valence-electron chi connectivity index (χ2n) is 11.2. The van der Waals surface area contributed by atoms with Crippen LogP contribution in [0.2, 0.25) is 0 Å². The summed E-state index contributed by atoms with van der Waals surface area (Å²) in [6.45, 7) is 10.3. The number of pyridine rings is 1. The first kappa shape index (κ1) is 31.6. The van der Waals surface area contributed by atoms with Crippen molar-refractivity contribution in [1.29, 1.82) is 0 Å². The molecule has 2 N–H and O–H groups in total. The van der Waals surface area contributed by atoms with Crippen LogP contribution in [0.1, 0.15) is 60.4 Å². The van der Waals surface area contributed by atoms with Gasteiger partial charge in [-0.15, -0.1) is 5.10 Å². The molecule has 3 heterocycles. The first-order valence-electron chi connectivity index (χ1n) is 15.1. The fourth-order valence-corrected chi connectivity index (χ4v) is 7.26. The third-order valence-corrected chi connectivity index (χ3v) is 10.2. The van der Waals surface area contributed by atoms with Crippen LogP contribution in [0.3, 0.4) is 0 Å². The first-order valence-corrected chi connectivity index (χ1v) is 16.6. The van der Waals surface area contributed by atoms with Gasteiger partial charge in [0.2, 0.25) is 21.8 Å². The zero-order valence-corrected chi connectivity index (χ0v) is 26.8. The number of nitrogens with one attached hydrogen (secondary N) is 2. The molecule has 0 fully saturated rings. The van der Waals surface area contributed by atoms with Crippen LogP contribution in [-0.4, -0.2) is 71.4 Å². The van der Waals surface area contributed by atoms with Crippen molar-refractivity contribution in [2.24, 2.45) is 0 Å². The van der Waals surface area contributed by atoms with Crippen LogP contribution < -0.4 is 15.4 Å². The molecular weight excluding hydrogens is 578 g/mol. The Morgan fingerprint density at radius 2 is 1.95 bits per heavy atom. The lowest BCUT2D eigenvalue weighted by Gasteiger charge is -2.25. The number of sulfonamides is 1. The SMILES string of the molecule is CC[C@@H]1CN(Cc2cc([C@H](CC(=O)NCCNC)c3ccc4c(nnn4CC)c3C)ccc2C)S(=O)(=O)c2cccnc2O1. The van der Waals surface area contributed by atoms with Crippen LogP contribution in [0.15, 0.2) is 53.6 Å². The monoisotopic (exact) mass is 619 g/mol. The molecule has 0 bridgehead atoms. The van der Waals surface area contributed by atoms with E-state index in [1.807, 2.05) is 63.7 Å². The van der Waals surface area contributed by atoms with E-state index in [4.69, 9.17) is 4.74 Å². The molecule has 0 saturated heterocycles. The molecule has 0 unspecified atom stereocenters. The number of likely N-dealkylation sites (N-methyl/N-ethyl adjacent to an activating group) is 1. The standard InChI is InChI=1S/C32H41N7O4S/c1-6-25-20-38(44(41,42)29-9-8-14-35-32(29)43-25)19-24-17-23(11-10-21(24)3)27(18-30(40)34-16-15-33-5)26-12-13-28-31(22(26)4)36-37-39(28)7-2/h8-14,17,25,27,33H,6-7,15-16,18-20H2,1-5H3,(H,34,40)/t25-,27+/m1/s1. The minimum Gasteiger partial charge on any atom is -0.472 e. The molecule has 0 aliphatic carbocycles. The van der Waals surface area contributed by atoms with Gasteiger partial charge < -0.3 is 15.4 Å². The maximum Gasteiger partial charge on any atom is 0.248 e. The topological polar surface area (TPSA) is 131 Å². The number of aromatic nitrogens is 4. The Kier molecular flexibility index (Phi) is 9.62. The van der Waals surface area contributed by atoms with Crippen LogP contribution in [-0.2, 0) is 27.9 Å². The van der Waals surface area contributed by atoms with Crippen molar-refractivity contribution in [2.45, 2.75) is 70.5 Å². The van der Waals surface area contributed by atoms with Crippen LogP contribution in [0, 0.1) is 13.8 Å². The van der Waals surface area contributed by atoms with E-state index in [-0.39, 0.29) is 48.2 Å². The highest BCUT2D eigenvalue weighted by Gasteiger charge is 2.35. The van der Waals surface area contributed by atoms with Gasteiger partial charge in [0, 0.05) is 44.7 Å². The minimum absolute atomic E-state index is 0.0637. The van der Waals surface area contributed by atoms with E-state index >= 15 is 0 Å². The lowest BCUT2D eigenvalue weighted by atomic mass is 9.84. The molecule has 1 aliphatic heterocycles. The summed E-state index contributed by atoms with van der Waals surface area (Å²) in [6.07, 6.45) is 2.08. The second kappa shape index (κ2) is 13.4. The number of carbonyl (C=O) groups excluding carboxylic acids is 1. The number of carbonyl (C=O) groups is 1. The number of hydrogen-bond donors (Lipinski definition) is 2. The molecule has 0 radical (unpaired) electrons. The number of aryl methyl sites for hydroxylation is 3. The van der Waals surface area contributed by atoms with Gasteiger partial charge >= 0.3 is 0 Å². The predicted molar refractivity (Wildman–Crippen MR) is 169 cm³/mol. The number of ether oxygens (including phenoxy) is 1. The number of benzene rings is 2. The average Bonchev–Trinajstić information content (AvgIpc) is 3.40. The van der Waals surface area contributed by atoms with E-state index in [0.29, 0.717) is 26.1 Å². The van der Waals surface area contributed by atoms with Gasteiger partial charge in [0.1, 0.15) is 16.5 Å². The van der Waals surface area contributed by atoms with Crippen molar-refractivity contribution in [1.82, 2.24) is 34.9 Å². The highest BCUT2D eigenvalue weighted by Crippen LogP contribution is 2.36. The summed E-state index contributed by atoms with van der Waals surface area (Å²) in [5, 5.41) is 14.8. The van der Waals surface area contributed by atoms with Crippen LogP contribution in [0.5, 0.6) is 5.88 Å². The van der Waals surface area contributed by atoms with Gasteiger partial charge in [0.05, 0.1) is 12.1 Å². The van der Waals surface area contributed by atoms with Crippen LogP contribution in [0.25, 0.3) is 11.0 Å². The van der Waals surface area contributed by atoms with Gasteiger partial charge in [0.25, 0.3) is 0 Å². The lowest BCUT2D eigenvalue weighted by Crippen LogP contribution is -2.36. The van der Waals surface area contributed by atoms with Gasteiger partial charge in [-0.2, -0.15) is 4.31 Å². The van der Waals surface area contributed by atoms with E-state index in [1.54, 1.807) is 18.3 Å². The van der Waals surface area contributed by atoms with Crippen LogP contribution >= 0.6 is 0 Å². The zero-order chi connectivity index (χ0) is 31.4. The molecule has 11 nitrogen and oxygen atoms in total. The third-order valence-electron chi connectivity index (χ3n) is 8.36. The van der Waals surface area contributed by atoms with E-state index in [9.17, 15) is 13.2 Å². The molecule has 0 saturated carbocycles. The van der Waals surface area contributed by atoms with E-state index in [2.05, 4.69) is 32.0 Å². The van der Waals surface area contributed by atoms with Gasteiger partial charge in [0.15, 0.2) is 0 Å². The quantitative estimate of drug-likeness (QED) is 0.243. The highest BCUT2D eigenvalue weighted by molar-refractivity contribution is 7.89. The summed E-state index contributed by atoms with van der Waals surface area (Å²) >= 11 is 0. The van der Waals surface area contributed by atoms with Crippen LogP contribution in [0.4, 0.5) is 0 Å². The van der Waals surface area contributed by atoms with Crippen molar-refractivity contribution < 1.29 is 17.9 Å². The number of hydrogen-bond acceptors (Lipinski definition) is 8. The maximum atomic E-state index is 13.8. The summed E-state index contributed by atoms with van der Waals surface area (Å²) in [5.41, 5.74) is 6.47. The highest BCUT2D eigenvalue weighted by atomic mass is 32.2.